The Morgan fingerprint density at radius 1 is 1.36 bits per heavy atom. The Labute approximate surface area is 66.9 Å². The van der Waals surface area contributed by atoms with Crippen LogP contribution in [0.15, 0.2) is 0 Å². The van der Waals surface area contributed by atoms with Crippen LogP contribution >= 0.6 is 0 Å². The van der Waals surface area contributed by atoms with Crippen molar-refractivity contribution in [2.24, 2.45) is 5.41 Å². The van der Waals surface area contributed by atoms with Crippen molar-refractivity contribution in [2.45, 2.75) is 44.9 Å². The second-order valence-electron chi connectivity index (χ2n) is 4.54. The fourth-order valence-electron chi connectivity index (χ4n) is 2.36. The Bertz CT molecular complexity index is 157. The minimum atomic E-state index is -0.764. The largest absolute Gasteiger partial charge is 0.378 e. The van der Waals surface area contributed by atoms with Gasteiger partial charge >= 0.3 is 0 Å². The van der Waals surface area contributed by atoms with Crippen LogP contribution in [0.1, 0.15) is 33.1 Å². The first kappa shape index (κ1) is 7.53. The molecule has 0 amide bonds. The molecule has 1 nitrogen and oxygen atoms in total. The average molecular weight is 158 g/mol. The molecule has 0 saturated heterocycles. The Morgan fingerprint density at radius 2 is 1.91 bits per heavy atom. The van der Waals surface area contributed by atoms with Crippen molar-refractivity contribution in [3.05, 3.63) is 0 Å². The summed E-state index contributed by atoms with van der Waals surface area (Å²) in [7, 11) is 0. The number of rotatable bonds is 3. The average Bonchev–Trinajstić information content (AvgIpc) is 1.75. The van der Waals surface area contributed by atoms with Crippen LogP contribution in [0, 0.1) is 5.41 Å². The summed E-state index contributed by atoms with van der Waals surface area (Å²) >= 11 is 0. The molecule has 3 fully saturated rings. The molecule has 0 N–H and O–H groups in total. The number of ether oxygens (including phenoxy) is 1. The summed E-state index contributed by atoms with van der Waals surface area (Å²) in [6.45, 7) is 4.82. The highest BCUT2D eigenvalue weighted by Gasteiger charge is 2.68. The highest BCUT2D eigenvalue weighted by Crippen LogP contribution is 2.69. The van der Waals surface area contributed by atoms with E-state index in [1.165, 1.54) is 0 Å². The van der Waals surface area contributed by atoms with E-state index < -0.39 is 5.67 Å². The molecule has 3 aliphatic carbocycles. The van der Waals surface area contributed by atoms with Crippen molar-refractivity contribution < 1.29 is 9.13 Å². The zero-order chi connectivity index (χ0) is 8.11. The van der Waals surface area contributed by atoms with Crippen molar-refractivity contribution in [3.8, 4) is 0 Å². The molecule has 3 saturated carbocycles. The van der Waals surface area contributed by atoms with Gasteiger partial charge in [-0.3, -0.25) is 0 Å². The first-order valence-corrected chi connectivity index (χ1v) is 4.34. The van der Waals surface area contributed by atoms with Gasteiger partial charge in [0.1, 0.15) is 5.67 Å². The van der Waals surface area contributed by atoms with E-state index in [1.807, 2.05) is 13.8 Å². The summed E-state index contributed by atoms with van der Waals surface area (Å²) in [5, 5.41) is 0. The second kappa shape index (κ2) is 1.98. The molecule has 0 aliphatic heterocycles. The molecular weight excluding hydrogens is 143 g/mol. The molecular formula is C9H15FO. The molecule has 0 radical (unpaired) electrons. The maximum atomic E-state index is 13.0. The molecule has 2 bridgehead atoms. The number of hydrogen-bond donors (Lipinski definition) is 0. The van der Waals surface area contributed by atoms with Crippen molar-refractivity contribution in [2.75, 3.05) is 6.61 Å². The van der Waals surface area contributed by atoms with E-state index in [0.717, 1.165) is 25.9 Å². The molecule has 64 valence electrons. The van der Waals surface area contributed by atoms with Crippen LogP contribution in [0.3, 0.4) is 0 Å². The van der Waals surface area contributed by atoms with Crippen LogP contribution < -0.4 is 0 Å². The van der Waals surface area contributed by atoms with Gasteiger partial charge in [0.25, 0.3) is 0 Å². The van der Waals surface area contributed by atoms with Crippen molar-refractivity contribution >= 4 is 0 Å². The van der Waals surface area contributed by atoms with Gasteiger partial charge in [-0.1, -0.05) is 0 Å². The number of halogens is 1. The molecule has 0 atom stereocenters. The zero-order valence-electron chi connectivity index (χ0n) is 7.19. The third-order valence-electron chi connectivity index (χ3n) is 2.80. The summed E-state index contributed by atoms with van der Waals surface area (Å²) in [5.74, 6) is 0. The van der Waals surface area contributed by atoms with E-state index in [9.17, 15) is 4.39 Å². The first-order valence-electron chi connectivity index (χ1n) is 4.34. The fourth-order valence-corrected chi connectivity index (χ4v) is 2.36. The molecule has 0 aromatic heterocycles. The zero-order valence-corrected chi connectivity index (χ0v) is 7.19. The monoisotopic (exact) mass is 158 g/mol. The lowest BCUT2D eigenvalue weighted by atomic mass is 9.43. The fraction of sp³-hybridized carbons (Fsp3) is 1.00. The topological polar surface area (TPSA) is 9.23 Å². The van der Waals surface area contributed by atoms with Crippen molar-refractivity contribution in [1.82, 2.24) is 0 Å². The van der Waals surface area contributed by atoms with Crippen LogP contribution in [0.4, 0.5) is 4.39 Å². The minimum Gasteiger partial charge on any atom is -0.378 e. The highest BCUT2D eigenvalue weighted by molar-refractivity contribution is 5.18. The van der Waals surface area contributed by atoms with Gasteiger partial charge in [-0.05, 0) is 33.1 Å². The summed E-state index contributed by atoms with van der Waals surface area (Å²) in [6.07, 6.45) is 2.56. The number of hydrogen-bond acceptors (Lipinski definition) is 1. The summed E-state index contributed by atoms with van der Waals surface area (Å²) < 4.78 is 18.4. The van der Waals surface area contributed by atoms with Gasteiger partial charge in [0.15, 0.2) is 0 Å². The Hall–Kier alpha value is -0.110. The lowest BCUT2D eigenvalue weighted by molar-refractivity contribution is -0.241. The summed E-state index contributed by atoms with van der Waals surface area (Å²) in [5.41, 5.74) is -0.501. The third-order valence-corrected chi connectivity index (χ3v) is 2.80. The van der Waals surface area contributed by atoms with E-state index in [4.69, 9.17) is 4.74 Å². The van der Waals surface area contributed by atoms with Crippen molar-refractivity contribution in [1.29, 1.82) is 0 Å². The predicted octanol–water partition coefficient (Wildman–Crippen LogP) is 2.30. The van der Waals surface area contributed by atoms with Gasteiger partial charge in [-0.25, -0.2) is 4.39 Å². The second-order valence-corrected chi connectivity index (χ2v) is 4.54. The standard InChI is InChI=1S/C9H15FO/c1-7(2)11-6-8-3-9(10,4-8)5-8/h7H,3-6H2,1-2H3. The SMILES string of the molecule is CC(C)OCC12CC(F)(C1)C2. The first-order chi connectivity index (χ1) is 5.04. The predicted molar refractivity (Wildman–Crippen MR) is 41.2 cm³/mol. The minimum absolute atomic E-state index is 0.263. The van der Waals surface area contributed by atoms with E-state index in [-0.39, 0.29) is 5.41 Å². The molecule has 0 aromatic rings. The molecule has 0 unspecified atom stereocenters. The molecule has 0 heterocycles. The third kappa shape index (κ3) is 1.08. The van der Waals surface area contributed by atoms with Crippen LogP contribution in [0.2, 0.25) is 0 Å². The van der Waals surface area contributed by atoms with Crippen LogP contribution in [0.25, 0.3) is 0 Å². The van der Waals surface area contributed by atoms with E-state index in [2.05, 4.69) is 0 Å². The van der Waals surface area contributed by atoms with Gasteiger partial charge in [0.05, 0.1) is 12.7 Å². The molecule has 11 heavy (non-hydrogen) atoms. The Balaban J connectivity index is 1.74. The van der Waals surface area contributed by atoms with Gasteiger partial charge in [0.2, 0.25) is 0 Å². The van der Waals surface area contributed by atoms with Gasteiger partial charge in [0, 0.05) is 5.41 Å². The molecule has 3 rings (SSSR count). The summed E-state index contributed by atoms with van der Waals surface area (Å²) in [6, 6.07) is 0. The van der Waals surface area contributed by atoms with E-state index in [0.29, 0.717) is 6.10 Å². The van der Waals surface area contributed by atoms with Crippen molar-refractivity contribution in [3.63, 3.8) is 0 Å². The normalized spacial score (nSPS) is 46.9. The molecule has 0 aromatic carbocycles. The lowest BCUT2D eigenvalue weighted by Crippen LogP contribution is -2.66. The van der Waals surface area contributed by atoms with Gasteiger partial charge < -0.3 is 4.74 Å². The molecule has 0 spiro atoms. The van der Waals surface area contributed by atoms with Crippen LogP contribution in [0.5, 0.6) is 0 Å². The number of alkyl halides is 1. The summed E-state index contributed by atoms with van der Waals surface area (Å²) in [4.78, 5) is 0. The smallest absolute Gasteiger partial charge is 0.113 e. The maximum Gasteiger partial charge on any atom is 0.113 e. The quantitative estimate of drug-likeness (QED) is 0.612. The molecule has 3 aliphatic rings. The van der Waals surface area contributed by atoms with Crippen LogP contribution in [-0.4, -0.2) is 18.4 Å². The molecule has 2 heteroatoms. The maximum absolute atomic E-state index is 13.0. The van der Waals surface area contributed by atoms with Gasteiger partial charge in [-0.15, -0.1) is 0 Å². The van der Waals surface area contributed by atoms with Gasteiger partial charge in [-0.2, -0.15) is 0 Å². The van der Waals surface area contributed by atoms with E-state index in [1.54, 1.807) is 0 Å². The lowest BCUT2D eigenvalue weighted by Gasteiger charge is -2.65. The Kier molecular flexibility index (Phi) is 1.35. The highest BCUT2D eigenvalue weighted by atomic mass is 19.1. The van der Waals surface area contributed by atoms with E-state index >= 15 is 0 Å². The Morgan fingerprint density at radius 3 is 2.27 bits per heavy atom. The van der Waals surface area contributed by atoms with Crippen LogP contribution in [-0.2, 0) is 4.74 Å².